The van der Waals surface area contributed by atoms with Crippen LogP contribution in [0.4, 0.5) is 8.78 Å². The molecule has 0 saturated carbocycles. The molecule has 2 aromatic rings. The number of benzene rings is 1. The molecule has 120 valence electrons. The average Bonchev–Trinajstić information content (AvgIpc) is 2.57. The van der Waals surface area contributed by atoms with Crippen molar-refractivity contribution in [1.29, 1.82) is 0 Å². The van der Waals surface area contributed by atoms with Gasteiger partial charge in [-0.1, -0.05) is 44.4 Å². The summed E-state index contributed by atoms with van der Waals surface area (Å²) in [5.74, 6) is 4.71. The van der Waals surface area contributed by atoms with Gasteiger partial charge in [0.1, 0.15) is 0 Å². The minimum absolute atomic E-state index is 0.356. The molecule has 1 aromatic carbocycles. The Labute approximate surface area is 136 Å². The SMILES string of the molecule is CCCCCCCC#Cc1cnc(-c2ccc(F)c(F)c2)nc1. The number of aromatic nitrogens is 2. The summed E-state index contributed by atoms with van der Waals surface area (Å²) in [6, 6.07) is 3.61. The molecular weight excluding hydrogens is 294 g/mol. The van der Waals surface area contributed by atoms with Crippen molar-refractivity contribution < 1.29 is 8.78 Å². The molecule has 0 spiro atoms. The van der Waals surface area contributed by atoms with E-state index in [1.165, 1.54) is 31.7 Å². The van der Waals surface area contributed by atoms with Gasteiger partial charge >= 0.3 is 0 Å². The van der Waals surface area contributed by atoms with Crippen LogP contribution in [0.5, 0.6) is 0 Å². The van der Waals surface area contributed by atoms with Crippen LogP contribution < -0.4 is 0 Å². The van der Waals surface area contributed by atoms with Crippen molar-refractivity contribution in [3.63, 3.8) is 0 Å². The number of hydrogen-bond acceptors (Lipinski definition) is 2. The van der Waals surface area contributed by atoms with E-state index in [1.54, 1.807) is 12.4 Å². The third-order valence-electron chi connectivity index (χ3n) is 3.47. The van der Waals surface area contributed by atoms with Gasteiger partial charge in [-0.05, 0) is 24.6 Å². The first-order valence-corrected chi connectivity index (χ1v) is 7.97. The fourth-order valence-corrected chi connectivity index (χ4v) is 2.16. The first kappa shape index (κ1) is 17.1. The molecule has 23 heavy (non-hydrogen) atoms. The van der Waals surface area contributed by atoms with Gasteiger partial charge in [0.05, 0.1) is 5.56 Å². The zero-order valence-electron chi connectivity index (χ0n) is 13.3. The van der Waals surface area contributed by atoms with Crippen molar-refractivity contribution in [3.05, 3.63) is 47.8 Å². The topological polar surface area (TPSA) is 25.8 Å². The van der Waals surface area contributed by atoms with Gasteiger partial charge < -0.3 is 0 Å². The molecule has 0 saturated heterocycles. The van der Waals surface area contributed by atoms with Crippen molar-refractivity contribution in [2.75, 3.05) is 0 Å². The molecule has 0 radical (unpaired) electrons. The maximum Gasteiger partial charge on any atom is 0.159 e. The highest BCUT2D eigenvalue weighted by molar-refractivity contribution is 5.55. The van der Waals surface area contributed by atoms with Crippen LogP contribution in [-0.4, -0.2) is 9.97 Å². The summed E-state index contributed by atoms with van der Waals surface area (Å²) in [6.07, 6.45) is 10.2. The Morgan fingerprint density at radius 3 is 2.39 bits per heavy atom. The Balaban J connectivity index is 1.91. The second-order valence-corrected chi connectivity index (χ2v) is 5.39. The molecule has 0 amide bonds. The van der Waals surface area contributed by atoms with E-state index in [9.17, 15) is 8.78 Å². The number of halogens is 2. The van der Waals surface area contributed by atoms with Crippen LogP contribution in [0.15, 0.2) is 30.6 Å². The quantitative estimate of drug-likeness (QED) is 0.545. The molecule has 2 nitrogen and oxygen atoms in total. The molecule has 1 aromatic heterocycles. The lowest BCUT2D eigenvalue weighted by Gasteiger charge is -2.00. The second kappa shape index (κ2) is 8.99. The second-order valence-electron chi connectivity index (χ2n) is 5.39. The third kappa shape index (κ3) is 5.45. The van der Waals surface area contributed by atoms with E-state index in [0.717, 1.165) is 30.5 Å². The molecule has 0 N–H and O–H groups in total. The van der Waals surface area contributed by atoms with Crippen molar-refractivity contribution in [2.45, 2.75) is 45.4 Å². The molecular formula is C19H20F2N2. The Kier molecular flexibility index (Phi) is 6.68. The average molecular weight is 314 g/mol. The van der Waals surface area contributed by atoms with Gasteiger partial charge in [-0.3, -0.25) is 0 Å². The van der Waals surface area contributed by atoms with E-state index in [4.69, 9.17) is 0 Å². The maximum atomic E-state index is 13.2. The van der Waals surface area contributed by atoms with Gasteiger partial charge in [0, 0.05) is 24.4 Å². The zero-order chi connectivity index (χ0) is 16.5. The summed E-state index contributed by atoms with van der Waals surface area (Å²) in [7, 11) is 0. The van der Waals surface area contributed by atoms with E-state index in [0.29, 0.717) is 11.4 Å². The molecule has 0 unspecified atom stereocenters. The van der Waals surface area contributed by atoms with Gasteiger partial charge in [0.25, 0.3) is 0 Å². The first-order chi connectivity index (χ1) is 11.2. The monoisotopic (exact) mass is 314 g/mol. The van der Waals surface area contributed by atoms with E-state index >= 15 is 0 Å². The first-order valence-electron chi connectivity index (χ1n) is 7.97. The molecule has 0 atom stereocenters. The number of unbranched alkanes of at least 4 members (excludes halogenated alkanes) is 5. The predicted molar refractivity (Wildman–Crippen MR) is 87.6 cm³/mol. The van der Waals surface area contributed by atoms with Crippen molar-refractivity contribution >= 4 is 0 Å². The number of rotatable bonds is 6. The molecule has 2 rings (SSSR count). The van der Waals surface area contributed by atoms with E-state index < -0.39 is 11.6 Å². The Bertz CT molecular complexity index is 685. The smallest absolute Gasteiger partial charge is 0.159 e. The van der Waals surface area contributed by atoms with Crippen molar-refractivity contribution in [2.24, 2.45) is 0 Å². The summed E-state index contributed by atoms with van der Waals surface area (Å²) < 4.78 is 26.1. The van der Waals surface area contributed by atoms with Crippen LogP contribution in [0.25, 0.3) is 11.4 Å². The fourth-order valence-electron chi connectivity index (χ4n) is 2.16. The van der Waals surface area contributed by atoms with Crippen molar-refractivity contribution in [3.8, 4) is 23.2 Å². The highest BCUT2D eigenvalue weighted by Gasteiger charge is 2.06. The van der Waals surface area contributed by atoms with Crippen LogP contribution in [0.1, 0.15) is 51.0 Å². The molecule has 1 heterocycles. The summed E-state index contributed by atoms with van der Waals surface area (Å²) in [4.78, 5) is 8.31. The van der Waals surface area contributed by atoms with Crippen molar-refractivity contribution in [1.82, 2.24) is 9.97 Å². The number of nitrogens with zero attached hydrogens (tertiary/aromatic N) is 2. The van der Waals surface area contributed by atoms with Gasteiger partial charge in [0.15, 0.2) is 17.5 Å². The standard InChI is InChI=1S/C19H20F2N2/c1-2-3-4-5-6-7-8-9-15-13-22-19(23-14-15)16-10-11-17(20)18(21)12-16/h10-14H,2-7H2,1H3. The van der Waals surface area contributed by atoms with Gasteiger partial charge in [-0.2, -0.15) is 0 Å². The Morgan fingerprint density at radius 2 is 1.70 bits per heavy atom. The lowest BCUT2D eigenvalue weighted by molar-refractivity contribution is 0.509. The third-order valence-corrected chi connectivity index (χ3v) is 3.47. The molecule has 4 heteroatoms. The molecule has 0 fully saturated rings. The lowest BCUT2D eigenvalue weighted by atomic mass is 10.1. The Morgan fingerprint density at radius 1 is 0.957 bits per heavy atom. The predicted octanol–water partition coefficient (Wildman–Crippen LogP) is 5.13. The van der Waals surface area contributed by atoms with Crippen LogP contribution in [-0.2, 0) is 0 Å². The summed E-state index contributed by atoms with van der Waals surface area (Å²) >= 11 is 0. The summed E-state index contributed by atoms with van der Waals surface area (Å²) in [6.45, 7) is 2.20. The summed E-state index contributed by atoms with van der Waals surface area (Å²) in [5.41, 5.74) is 1.17. The molecule has 0 aliphatic heterocycles. The normalized spacial score (nSPS) is 10.2. The lowest BCUT2D eigenvalue weighted by Crippen LogP contribution is -1.92. The summed E-state index contributed by atoms with van der Waals surface area (Å²) in [5, 5.41) is 0. The van der Waals surface area contributed by atoms with Gasteiger partial charge in [-0.25, -0.2) is 18.7 Å². The molecule has 0 bridgehead atoms. The van der Waals surface area contributed by atoms with Crippen LogP contribution in [0.3, 0.4) is 0 Å². The van der Waals surface area contributed by atoms with E-state index in [-0.39, 0.29) is 0 Å². The van der Waals surface area contributed by atoms with Gasteiger partial charge in [-0.15, -0.1) is 0 Å². The van der Waals surface area contributed by atoms with Crippen LogP contribution >= 0.6 is 0 Å². The maximum absolute atomic E-state index is 13.2. The van der Waals surface area contributed by atoms with Crippen LogP contribution in [0.2, 0.25) is 0 Å². The minimum Gasteiger partial charge on any atom is -0.235 e. The van der Waals surface area contributed by atoms with Crippen LogP contribution in [0, 0.1) is 23.5 Å². The van der Waals surface area contributed by atoms with E-state index in [1.807, 2.05) is 0 Å². The highest BCUT2D eigenvalue weighted by atomic mass is 19.2. The minimum atomic E-state index is -0.905. The highest BCUT2D eigenvalue weighted by Crippen LogP contribution is 2.17. The van der Waals surface area contributed by atoms with E-state index in [2.05, 4.69) is 28.7 Å². The largest absolute Gasteiger partial charge is 0.235 e. The molecule has 0 aliphatic carbocycles. The van der Waals surface area contributed by atoms with Gasteiger partial charge in [0.2, 0.25) is 0 Å². The number of hydrogen-bond donors (Lipinski definition) is 0. The molecule has 0 aliphatic rings. The fraction of sp³-hybridized carbons (Fsp3) is 0.368. The zero-order valence-corrected chi connectivity index (χ0v) is 13.3. The Hall–Kier alpha value is -2.28.